The second-order valence-corrected chi connectivity index (χ2v) is 7.23. The van der Waals surface area contributed by atoms with Gasteiger partial charge in [-0.05, 0) is 30.3 Å². The van der Waals surface area contributed by atoms with Gasteiger partial charge in [0.25, 0.3) is 6.02 Å². The van der Waals surface area contributed by atoms with Crippen molar-refractivity contribution in [3.63, 3.8) is 0 Å². The van der Waals surface area contributed by atoms with Gasteiger partial charge in [0.05, 0.1) is 0 Å². The Kier molecular flexibility index (Phi) is 4.84. The highest BCUT2D eigenvalue weighted by Crippen LogP contribution is 2.42. The number of nitrogens with two attached hydrogens (primary N) is 1. The van der Waals surface area contributed by atoms with Gasteiger partial charge < -0.3 is 14.9 Å². The smallest absolute Gasteiger partial charge is 0.425 e. The summed E-state index contributed by atoms with van der Waals surface area (Å²) in [7, 11) is 0. The van der Waals surface area contributed by atoms with Crippen molar-refractivity contribution in [3.05, 3.63) is 52.8 Å². The third kappa shape index (κ3) is 3.55. The molecule has 1 aromatic heterocycles. The van der Waals surface area contributed by atoms with E-state index in [0.717, 1.165) is 12.1 Å². The Bertz CT molecular complexity index is 1150. The number of amidine groups is 1. The lowest BCUT2D eigenvalue weighted by Gasteiger charge is -2.36. The van der Waals surface area contributed by atoms with Gasteiger partial charge in [-0.2, -0.15) is 13.2 Å². The molecule has 2 atom stereocenters. The zero-order valence-electron chi connectivity index (χ0n) is 15.0. The van der Waals surface area contributed by atoms with Crippen LogP contribution in [0.3, 0.4) is 0 Å². The van der Waals surface area contributed by atoms with E-state index in [-0.39, 0.29) is 11.5 Å². The van der Waals surface area contributed by atoms with Gasteiger partial charge in [0.1, 0.15) is 23.5 Å². The van der Waals surface area contributed by atoms with Gasteiger partial charge in [0.15, 0.2) is 11.7 Å². The summed E-state index contributed by atoms with van der Waals surface area (Å²) in [5, 5.41) is 0.409. The van der Waals surface area contributed by atoms with E-state index in [0.29, 0.717) is 16.1 Å². The Balaban J connectivity index is 1.82. The van der Waals surface area contributed by atoms with Gasteiger partial charge in [-0.3, -0.25) is 0 Å². The summed E-state index contributed by atoms with van der Waals surface area (Å²) in [6, 6.07) is 7.30. The first-order valence-electron chi connectivity index (χ1n) is 8.62. The number of nitrogens with zero attached hydrogens (tertiary/aromatic N) is 2. The number of hydrogen-bond acceptors (Lipinski definition) is 5. The minimum atomic E-state index is -4.84. The predicted octanol–water partition coefficient (Wildman–Crippen LogP) is 5.12. The van der Waals surface area contributed by atoms with Crippen molar-refractivity contribution >= 4 is 28.7 Å². The molecule has 2 N–H and O–H groups in total. The Morgan fingerprint density at radius 3 is 2.67 bits per heavy atom. The summed E-state index contributed by atoms with van der Waals surface area (Å²) in [4.78, 5) is 7.96. The average Bonchev–Trinajstić information content (AvgIpc) is 3.10. The molecule has 0 amide bonds. The van der Waals surface area contributed by atoms with Crippen LogP contribution in [0.1, 0.15) is 12.0 Å². The third-order valence-corrected chi connectivity index (χ3v) is 5.00. The van der Waals surface area contributed by atoms with Gasteiger partial charge in [-0.25, -0.2) is 18.8 Å². The number of ether oxygens (including phenoxy) is 1. The van der Waals surface area contributed by atoms with Gasteiger partial charge in [0, 0.05) is 28.6 Å². The molecule has 0 aliphatic carbocycles. The van der Waals surface area contributed by atoms with Crippen LogP contribution in [-0.4, -0.2) is 30.0 Å². The van der Waals surface area contributed by atoms with E-state index in [4.69, 9.17) is 21.8 Å². The third-order valence-electron chi connectivity index (χ3n) is 4.76. The summed E-state index contributed by atoms with van der Waals surface area (Å²) in [6.45, 7) is -1.42. The molecule has 1 aliphatic rings. The maximum atomic E-state index is 14.6. The van der Waals surface area contributed by atoms with Gasteiger partial charge in [-0.1, -0.05) is 11.6 Å². The van der Waals surface area contributed by atoms with Gasteiger partial charge in [-0.15, -0.1) is 0 Å². The highest BCUT2D eigenvalue weighted by molar-refractivity contribution is 6.31. The second-order valence-electron chi connectivity index (χ2n) is 6.79. The average molecular weight is 446 g/mol. The molecule has 158 valence electrons. The number of halogens is 6. The Morgan fingerprint density at radius 1 is 1.20 bits per heavy atom. The highest BCUT2D eigenvalue weighted by atomic mass is 35.5. The van der Waals surface area contributed by atoms with Crippen LogP contribution in [0.25, 0.3) is 22.6 Å². The normalized spacial score (nSPS) is 22.1. The molecule has 4 rings (SSSR count). The molecule has 0 saturated carbocycles. The van der Waals surface area contributed by atoms with Crippen LogP contribution in [-0.2, 0) is 10.3 Å². The minimum Gasteiger partial charge on any atom is -0.452 e. The monoisotopic (exact) mass is 445 g/mol. The number of oxazole rings is 1. The first kappa shape index (κ1) is 20.4. The maximum absolute atomic E-state index is 14.6. The lowest BCUT2D eigenvalue weighted by molar-refractivity contribution is -0.209. The van der Waals surface area contributed by atoms with Crippen LogP contribution in [0.15, 0.2) is 45.8 Å². The standard InChI is InChI=1S/C19H13ClF5N3O2/c20-10-2-4-13-14(6-10)29-16(27-13)9-1-3-12(22)11(5-9)18(8-21)7-15(19(23,24)25)30-17(26)28-18/h1-6,15H,7-8H2,(H2,26,28)/t15-,18+/m0/s1. The molecule has 5 nitrogen and oxygen atoms in total. The maximum Gasteiger partial charge on any atom is 0.425 e. The molecule has 30 heavy (non-hydrogen) atoms. The number of hydrogen-bond donors (Lipinski definition) is 1. The number of rotatable bonds is 3. The number of fused-ring (bicyclic) bond motifs is 1. The van der Waals surface area contributed by atoms with Crippen molar-refractivity contribution in [2.75, 3.05) is 6.67 Å². The second kappa shape index (κ2) is 7.12. The number of aromatic nitrogens is 1. The molecule has 0 spiro atoms. The van der Waals surface area contributed by atoms with E-state index in [1.54, 1.807) is 12.1 Å². The molecule has 0 bridgehead atoms. The summed E-state index contributed by atoms with van der Waals surface area (Å²) in [5.41, 5.74) is 3.78. The topological polar surface area (TPSA) is 73.6 Å². The zero-order valence-corrected chi connectivity index (χ0v) is 15.8. The fourth-order valence-corrected chi connectivity index (χ4v) is 3.49. The van der Waals surface area contributed by atoms with Crippen molar-refractivity contribution in [2.45, 2.75) is 24.2 Å². The Labute approximate surface area is 171 Å². The number of benzene rings is 2. The SMILES string of the molecule is NC1=N[C@](CF)(c2cc(-c3nc4ccc(Cl)cc4o3)ccc2F)C[C@@H](C(F)(F)F)O1. The Morgan fingerprint density at radius 2 is 1.97 bits per heavy atom. The molecule has 0 saturated heterocycles. The molecule has 2 heterocycles. The molecule has 0 unspecified atom stereocenters. The predicted molar refractivity (Wildman–Crippen MR) is 99.2 cm³/mol. The van der Waals surface area contributed by atoms with Crippen molar-refractivity contribution < 1.29 is 31.1 Å². The summed E-state index contributed by atoms with van der Waals surface area (Å²) < 4.78 is 78.5. The van der Waals surface area contributed by atoms with E-state index in [1.165, 1.54) is 12.1 Å². The molecule has 0 fully saturated rings. The van der Waals surface area contributed by atoms with Crippen LogP contribution in [0, 0.1) is 5.82 Å². The lowest BCUT2D eigenvalue weighted by atomic mass is 9.84. The van der Waals surface area contributed by atoms with Crippen molar-refractivity contribution in [1.29, 1.82) is 0 Å². The minimum absolute atomic E-state index is 0.0545. The molecular formula is C19H13ClF5N3O2. The lowest BCUT2D eigenvalue weighted by Crippen LogP contribution is -2.48. The Hall–Kier alpha value is -2.88. The van der Waals surface area contributed by atoms with E-state index >= 15 is 0 Å². The summed E-state index contributed by atoms with van der Waals surface area (Å²) in [6.07, 6.45) is -8.24. The fraction of sp³-hybridized carbons (Fsp3) is 0.263. The molecule has 2 aromatic carbocycles. The summed E-state index contributed by atoms with van der Waals surface area (Å²) in [5.74, 6) is -0.895. The quantitative estimate of drug-likeness (QED) is 0.568. The van der Waals surface area contributed by atoms with E-state index < -0.39 is 48.3 Å². The molecule has 3 aromatic rings. The van der Waals surface area contributed by atoms with E-state index in [1.807, 2.05) is 0 Å². The number of aliphatic imine (C=N–C) groups is 1. The molecule has 11 heteroatoms. The zero-order chi connectivity index (χ0) is 21.7. The van der Waals surface area contributed by atoms with Gasteiger partial charge in [0.2, 0.25) is 5.89 Å². The molecule has 0 radical (unpaired) electrons. The van der Waals surface area contributed by atoms with Crippen molar-refractivity contribution in [3.8, 4) is 11.5 Å². The molecular weight excluding hydrogens is 433 g/mol. The largest absolute Gasteiger partial charge is 0.452 e. The number of alkyl halides is 4. The van der Waals surface area contributed by atoms with Gasteiger partial charge >= 0.3 is 6.18 Å². The fourth-order valence-electron chi connectivity index (χ4n) is 3.32. The van der Waals surface area contributed by atoms with Crippen LogP contribution in [0.5, 0.6) is 0 Å². The van der Waals surface area contributed by atoms with Crippen LogP contribution >= 0.6 is 11.6 Å². The first-order valence-corrected chi connectivity index (χ1v) is 9.00. The first-order chi connectivity index (χ1) is 14.1. The highest BCUT2D eigenvalue weighted by Gasteiger charge is 2.52. The van der Waals surface area contributed by atoms with Crippen LogP contribution in [0.2, 0.25) is 5.02 Å². The molecule has 1 aliphatic heterocycles. The van der Waals surface area contributed by atoms with E-state index in [2.05, 4.69) is 14.7 Å². The summed E-state index contributed by atoms with van der Waals surface area (Å²) >= 11 is 5.91. The van der Waals surface area contributed by atoms with Crippen molar-refractivity contribution in [1.82, 2.24) is 4.98 Å². The van der Waals surface area contributed by atoms with Crippen LogP contribution in [0.4, 0.5) is 22.0 Å². The van der Waals surface area contributed by atoms with Crippen molar-refractivity contribution in [2.24, 2.45) is 10.7 Å². The van der Waals surface area contributed by atoms with E-state index in [9.17, 15) is 22.0 Å². The van der Waals surface area contributed by atoms with Crippen LogP contribution < -0.4 is 5.73 Å².